The van der Waals surface area contributed by atoms with Gasteiger partial charge in [0.25, 0.3) is 0 Å². The van der Waals surface area contributed by atoms with Crippen molar-refractivity contribution in [3.8, 4) is 0 Å². The minimum absolute atomic E-state index is 0.182. The molecule has 0 bridgehead atoms. The summed E-state index contributed by atoms with van der Waals surface area (Å²) >= 11 is 6.27. The van der Waals surface area contributed by atoms with E-state index in [9.17, 15) is 4.39 Å². The van der Waals surface area contributed by atoms with Crippen LogP contribution in [0.1, 0.15) is 70.1 Å². The van der Waals surface area contributed by atoms with Crippen molar-refractivity contribution >= 4 is 22.6 Å². The predicted molar refractivity (Wildman–Crippen MR) is 87.4 cm³/mol. The molecule has 2 unspecified atom stereocenters. The van der Waals surface area contributed by atoms with Gasteiger partial charge in [0.15, 0.2) is 0 Å². The monoisotopic (exact) mass is 310 g/mol. The summed E-state index contributed by atoms with van der Waals surface area (Å²) in [7, 11) is 0. The van der Waals surface area contributed by atoms with Crippen molar-refractivity contribution in [2.24, 2.45) is 0 Å². The summed E-state index contributed by atoms with van der Waals surface area (Å²) in [5, 5.41) is -0.182. The standard InChI is InChI=1S/C17H24ClFN2/c1-4-5-6-7-8-12(2)21-16-11-14(19)9-10-15(16)20-17(21)13(3)18/h9-13H,4-8H2,1-3H3. The minimum atomic E-state index is -0.226. The molecule has 0 spiro atoms. The Bertz CT molecular complexity index is 592. The summed E-state index contributed by atoms with van der Waals surface area (Å²) in [6, 6.07) is 5.03. The highest BCUT2D eigenvalue weighted by molar-refractivity contribution is 6.20. The number of fused-ring (bicyclic) bond motifs is 1. The van der Waals surface area contributed by atoms with Crippen molar-refractivity contribution in [2.45, 2.75) is 64.3 Å². The van der Waals surface area contributed by atoms with Crippen LogP contribution in [0.3, 0.4) is 0 Å². The van der Waals surface area contributed by atoms with Crippen LogP contribution in [0.25, 0.3) is 11.0 Å². The Kier molecular flexibility index (Phi) is 5.63. The van der Waals surface area contributed by atoms with Crippen LogP contribution in [0.15, 0.2) is 18.2 Å². The van der Waals surface area contributed by atoms with E-state index in [0.29, 0.717) is 0 Å². The van der Waals surface area contributed by atoms with E-state index in [-0.39, 0.29) is 17.2 Å². The topological polar surface area (TPSA) is 17.8 Å². The molecule has 0 saturated heterocycles. The number of rotatable bonds is 7. The molecule has 0 aliphatic carbocycles. The maximum atomic E-state index is 13.6. The van der Waals surface area contributed by atoms with Crippen LogP contribution < -0.4 is 0 Å². The quantitative estimate of drug-likeness (QED) is 0.452. The van der Waals surface area contributed by atoms with Gasteiger partial charge < -0.3 is 4.57 Å². The maximum Gasteiger partial charge on any atom is 0.127 e. The average molecular weight is 311 g/mol. The first-order valence-corrected chi connectivity index (χ1v) is 8.29. The van der Waals surface area contributed by atoms with Crippen molar-refractivity contribution in [1.82, 2.24) is 9.55 Å². The Balaban J connectivity index is 2.30. The van der Waals surface area contributed by atoms with Gasteiger partial charge in [0.05, 0.1) is 16.4 Å². The van der Waals surface area contributed by atoms with Crippen molar-refractivity contribution in [2.75, 3.05) is 0 Å². The molecule has 1 aromatic carbocycles. The summed E-state index contributed by atoms with van der Waals surface area (Å²) < 4.78 is 15.7. The van der Waals surface area contributed by atoms with E-state index in [1.807, 2.05) is 6.92 Å². The smallest absolute Gasteiger partial charge is 0.127 e. The van der Waals surface area contributed by atoms with E-state index >= 15 is 0 Å². The van der Waals surface area contributed by atoms with Gasteiger partial charge in [0, 0.05) is 6.04 Å². The molecule has 4 heteroatoms. The maximum absolute atomic E-state index is 13.6. The molecule has 2 nitrogen and oxygen atoms in total. The molecule has 1 aromatic heterocycles. The van der Waals surface area contributed by atoms with E-state index in [1.54, 1.807) is 12.1 Å². The van der Waals surface area contributed by atoms with E-state index in [2.05, 4.69) is 23.4 Å². The molecule has 2 aromatic rings. The minimum Gasteiger partial charge on any atom is -0.324 e. The molecule has 2 rings (SSSR count). The van der Waals surface area contributed by atoms with E-state index in [4.69, 9.17) is 11.6 Å². The summed E-state index contributed by atoms with van der Waals surface area (Å²) in [5.74, 6) is 0.607. The SMILES string of the molecule is CCCCCCC(C)n1c(C(C)Cl)nc2ccc(F)cc21. The number of hydrogen-bond donors (Lipinski definition) is 0. The highest BCUT2D eigenvalue weighted by atomic mass is 35.5. The van der Waals surface area contributed by atoms with Crippen molar-refractivity contribution in [3.63, 3.8) is 0 Å². The van der Waals surface area contributed by atoms with Gasteiger partial charge in [-0.05, 0) is 38.5 Å². The van der Waals surface area contributed by atoms with E-state index < -0.39 is 0 Å². The first-order chi connectivity index (χ1) is 10.0. The zero-order chi connectivity index (χ0) is 15.4. The first kappa shape index (κ1) is 16.3. The lowest BCUT2D eigenvalue weighted by Gasteiger charge is -2.18. The second kappa shape index (κ2) is 7.26. The fraction of sp³-hybridized carbons (Fsp3) is 0.588. The van der Waals surface area contributed by atoms with E-state index in [0.717, 1.165) is 23.3 Å². The Morgan fingerprint density at radius 2 is 2.00 bits per heavy atom. The lowest BCUT2D eigenvalue weighted by Crippen LogP contribution is -2.10. The summed E-state index contributed by atoms with van der Waals surface area (Å²) in [6.07, 6.45) is 5.99. The molecule has 116 valence electrons. The lowest BCUT2D eigenvalue weighted by molar-refractivity contribution is 0.468. The predicted octanol–water partition coefficient (Wildman–Crippen LogP) is 6.01. The summed E-state index contributed by atoms with van der Waals surface area (Å²) in [4.78, 5) is 4.58. The Morgan fingerprint density at radius 1 is 1.24 bits per heavy atom. The van der Waals surface area contributed by atoms with Gasteiger partial charge in [-0.2, -0.15) is 0 Å². The van der Waals surface area contributed by atoms with Gasteiger partial charge in [-0.25, -0.2) is 9.37 Å². The van der Waals surface area contributed by atoms with Gasteiger partial charge in [-0.15, -0.1) is 11.6 Å². The number of benzene rings is 1. The number of halogens is 2. The molecule has 0 radical (unpaired) electrons. The Morgan fingerprint density at radius 3 is 2.67 bits per heavy atom. The molecule has 1 heterocycles. The number of alkyl halides is 1. The van der Waals surface area contributed by atoms with Crippen LogP contribution in [0.4, 0.5) is 4.39 Å². The number of nitrogens with zero attached hydrogens (tertiary/aromatic N) is 2. The number of unbranched alkanes of at least 4 members (excludes halogenated alkanes) is 3. The lowest BCUT2D eigenvalue weighted by atomic mass is 10.1. The van der Waals surface area contributed by atoms with E-state index in [1.165, 1.54) is 31.7 Å². The molecular weight excluding hydrogens is 287 g/mol. The molecule has 0 N–H and O–H groups in total. The fourth-order valence-electron chi connectivity index (χ4n) is 2.82. The fourth-order valence-corrected chi connectivity index (χ4v) is 2.98. The average Bonchev–Trinajstić information content (AvgIpc) is 2.82. The van der Waals surface area contributed by atoms with Gasteiger partial charge in [0.1, 0.15) is 11.6 Å². The Labute approximate surface area is 131 Å². The third-order valence-electron chi connectivity index (χ3n) is 3.95. The van der Waals surface area contributed by atoms with Crippen molar-refractivity contribution in [3.05, 3.63) is 29.8 Å². The highest BCUT2D eigenvalue weighted by Crippen LogP contribution is 2.30. The largest absolute Gasteiger partial charge is 0.324 e. The van der Waals surface area contributed by atoms with Crippen molar-refractivity contribution in [1.29, 1.82) is 0 Å². The van der Waals surface area contributed by atoms with Gasteiger partial charge in [-0.3, -0.25) is 0 Å². The van der Waals surface area contributed by atoms with Gasteiger partial charge >= 0.3 is 0 Å². The zero-order valence-electron chi connectivity index (χ0n) is 13.1. The zero-order valence-corrected chi connectivity index (χ0v) is 13.8. The van der Waals surface area contributed by atoms with Gasteiger partial charge in [0.2, 0.25) is 0 Å². The molecule has 0 fully saturated rings. The molecule has 2 atom stereocenters. The third kappa shape index (κ3) is 3.76. The molecule has 21 heavy (non-hydrogen) atoms. The highest BCUT2D eigenvalue weighted by Gasteiger charge is 2.19. The first-order valence-electron chi connectivity index (χ1n) is 7.86. The molecule has 0 aliphatic heterocycles. The Hall–Kier alpha value is -1.09. The normalized spacial score (nSPS) is 14.5. The number of imidazole rings is 1. The molecule has 0 amide bonds. The van der Waals surface area contributed by atoms with Crippen LogP contribution >= 0.6 is 11.6 Å². The van der Waals surface area contributed by atoms with Gasteiger partial charge in [-0.1, -0.05) is 32.6 Å². The second-order valence-electron chi connectivity index (χ2n) is 5.79. The van der Waals surface area contributed by atoms with Crippen LogP contribution in [0, 0.1) is 5.82 Å². The number of hydrogen-bond acceptors (Lipinski definition) is 1. The molecular formula is C17H24ClFN2. The van der Waals surface area contributed by atoms with Crippen LogP contribution in [-0.4, -0.2) is 9.55 Å². The second-order valence-corrected chi connectivity index (χ2v) is 6.44. The van der Waals surface area contributed by atoms with Crippen LogP contribution in [-0.2, 0) is 0 Å². The summed E-state index contributed by atoms with van der Waals surface area (Å²) in [6.45, 7) is 6.29. The molecule has 0 aliphatic rings. The number of aromatic nitrogens is 2. The van der Waals surface area contributed by atoms with Crippen LogP contribution in [0.2, 0.25) is 0 Å². The third-order valence-corrected chi connectivity index (χ3v) is 4.15. The molecule has 0 saturated carbocycles. The van der Waals surface area contributed by atoms with Crippen molar-refractivity contribution < 1.29 is 4.39 Å². The van der Waals surface area contributed by atoms with Crippen LogP contribution in [0.5, 0.6) is 0 Å². The summed E-state index contributed by atoms with van der Waals surface area (Å²) in [5.41, 5.74) is 1.67.